The first kappa shape index (κ1) is 15.5. The van der Waals surface area contributed by atoms with Gasteiger partial charge >= 0.3 is 0 Å². The molecule has 3 nitrogen and oxygen atoms in total. The zero-order chi connectivity index (χ0) is 12.3. The van der Waals surface area contributed by atoms with Crippen molar-refractivity contribution in [3.63, 3.8) is 0 Å². The number of nitrogens with one attached hydrogen (secondary N) is 1. The number of piperazine rings is 1. The lowest BCUT2D eigenvalue weighted by Crippen LogP contribution is -2.45. The molecular formula is C12H17Cl2FN2O. The molecule has 2 rings (SSSR count). The molecule has 1 aliphatic heterocycles. The number of phenolic OH excluding ortho intramolecular Hbond substituents is 1. The summed E-state index contributed by atoms with van der Waals surface area (Å²) in [4.78, 5) is 2.03. The Kier molecular flexibility index (Phi) is 6.15. The Morgan fingerprint density at radius 2 is 2.06 bits per heavy atom. The first-order valence-corrected chi connectivity index (χ1v) is 6.10. The Bertz CT molecular complexity index is 386. The number of halogens is 3. The third-order valence-corrected chi connectivity index (χ3v) is 3.42. The second kappa shape index (κ2) is 7.14. The van der Waals surface area contributed by atoms with Crippen molar-refractivity contribution in [1.29, 1.82) is 0 Å². The lowest BCUT2D eigenvalue weighted by molar-refractivity contribution is 0.145. The standard InChI is InChI=1S/C12H16ClFN2O.ClH/c13-10-3-1-2-9(12(10)17)11(8-14)16-6-4-15-5-7-16;/h1-3,11,15,17H,4-8H2;1H/t11-;/m1./s1. The van der Waals surface area contributed by atoms with E-state index in [4.69, 9.17) is 11.6 Å². The maximum Gasteiger partial charge on any atom is 0.139 e. The number of hydrogen-bond donors (Lipinski definition) is 2. The molecule has 0 spiro atoms. The number of phenols is 1. The first-order chi connectivity index (χ1) is 8.24. The molecule has 18 heavy (non-hydrogen) atoms. The molecule has 0 aliphatic carbocycles. The highest BCUT2D eigenvalue weighted by molar-refractivity contribution is 6.32. The van der Waals surface area contributed by atoms with Crippen LogP contribution in [0.25, 0.3) is 0 Å². The summed E-state index contributed by atoms with van der Waals surface area (Å²) in [5.74, 6) is -0.00431. The molecule has 1 aliphatic rings. The molecule has 0 aromatic heterocycles. The van der Waals surface area contributed by atoms with Crippen molar-refractivity contribution < 1.29 is 9.50 Å². The van der Waals surface area contributed by atoms with Gasteiger partial charge in [0.2, 0.25) is 0 Å². The Labute approximate surface area is 117 Å². The van der Waals surface area contributed by atoms with E-state index in [1.807, 2.05) is 4.90 Å². The minimum atomic E-state index is -0.520. The topological polar surface area (TPSA) is 35.5 Å². The molecule has 1 fully saturated rings. The minimum Gasteiger partial charge on any atom is -0.506 e. The highest BCUT2D eigenvalue weighted by Gasteiger charge is 2.24. The normalized spacial score (nSPS) is 18.1. The number of aromatic hydroxyl groups is 1. The van der Waals surface area contributed by atoms with Crippen LogP contribution >= 0.6 is 24.0 Å². The fourth-order valence-electron chi connectivity index (χ4n) is 2.17. The van der Waals surface area contributed by atoms with E-state index in [9.17, 15) is 9.50 Å². The molecule has 0 bridgehead atoms. The maximum atomic E-state index is 13.2. The van der Waals surface area contributed by atoms with Crippen molar-refractivity contribution in [3.8, 4) is 5.75 Å². The van der Waals surface area contributed by atoms with Crippen molar-refractivity contribution in [3.05, 3.63) is 28.8 Å². The van der Waals surface area contributed by atoms with Crippen LogP contribution < -0.4 is 5.32 Å². The van der Waals surface area contributed by atoms with E-state index < -0.39 is 12.7 Å². The van der Waals surface area contributed by atoms with Crippen molar-refractivity contribution in [1.82, 2.24) is 10.2 Å². The summed E-state index contributed by atoms with van der Waals surface area (Å²) in [6.45, 7) is 2.73. The summed E-state index contributed by atoms with van der Waals surface area (Å²) in [7, 11) is 0. The van der Waals surface area contributed by atoms with E-state index in [-0.39, 0.29) is 23.2 Å². The first-order valence-electron chi connectivity index (χ1n) is 5.72. The van der Waals surface area contributed by atoms with E-state index in [0.29, 0.717) is 5.56 Å². The average molecular weight is 295 g/mol. The van der Waals surface area contributed by atoms with Crippen LogP contribution in [0.3, 0.4) is 0 Å². The monoisotopic (exact) mass is 294 g/mol. The molecule has 102 valence electrons. The van der Waals surface area contributed by atoms with Crippen LogP contribution in [0, 0.1) is 0 Å². The van der Waals surface area contributed by atoms with Gasteiger partial charge in [-0.25, -0.2) is 4.39 Å². The summed E-state index contributed by atoms with van der Waals surface area (Å²) in [5, 5.41) is 13.4. The molecule has 6 heteroatoms. The maximum absolute atomic E-state index is 13.2. The zero-order valence-corrected chi connectivity index (χ0v) is 11.5. The average Bonchev–Trinajstić information content (AvgIpc) is 2.37. The summed E-state index contributed by atoms with van der Waals surface area (Å²) in [6.07, 6.45) is 0. The van der Waals surface area contributed by atoms with E-state index in [2.05, 4.69) is 5.32 Å². The number of rotatable bonds is 3. The van der Waals surface area contributed by atoms with Crippen LogP contribution in [0.5, 0.6) is 5.75 Å². The van der Waals surface area contributed by atoms with Gasteiger partial charge in [-0.15, -0.1) is 12.4 Å². The van der Waals surface area contributed by atoms with Gasteiger partial charge in [0.15, 0.2) is 0 Å². The summed E-state index contributed by atoms with van der Waals surface area (Å²) in [6, 6.07) is 4.67. The van der Waals surface area contributed by atoms with E-state index in [1.54, 1.807) is 18.2 Å². The third-order valence-electron chi connectivity index (χ3n) is 3.12. The molecular weight excluding hydrogens is 278 g/mol. The second-order valence-corrected chi connectivity index (χ2v) is 4.54. The molecule has 0 radical (unpaired) electrons. The van der Waals surface area contributed by atoms with Gasteiger partial charge in [-0.1, -0.05) is 23.7 Å². The Morgan fingerprint density at radius 3 is 2.67 bits per heavy atom. The van der Waals surface area contributed by atoms with Crippen molar-refractivity contribution in [2.24, 2.45) is 0 Å². The predicted molar refractivity (Wildman–Crippen MR) is 73.5 cm³/mol. The number of alkyl halides is 1. The van der Waals surface area contributed by atoms with Gasteiger partial charge in [-0.05, 0) is 6.07 Å². The molecule has 0 saturated carbocycles. The third kappa shape index (κ3) is 3.26. The molecule has 1 saturated heterocycles. The molecule has 1 atom stereocenters. The number of para-hydroxylation sites is 1. The van der Waals surface area contributed by atoms with Crippen LogP contribution in [0.1, 0.15) is 11.6 Å². The Balaban J connectivity index is 0.00000162. The van der Waals surface area contributed by atoms with Gasteiger partial charge in [-0.3, -0.25) is 4.90 Å². The van der Waals surface area contributed by atoms with Crippen molar-refractivity contribution in [2.45, 2.75) is 6.04 Å². The molecule has 1 heterocycles. The molecule has 1 aromatic rings. The van der Waals surface area contributed by atoms with E-state index >= 15 is 0 Å². The zero-order valence-electron chi connectivity index (χ0n) is 9.90. The van der Waals surface area contributed by atoms with E-state index in [0.717, 1.165) is 26.2 Å². The van der Waals surface area contributed by atoms with Crippen LogP contribution in [0.4, 0.5) is 4.39 Å². The van der Waals surface area contributed by atoms with Crippen LogP contribution in [0.2, 0.25) is 5.02 Å². The highest BCUT2D eigenvalue weighted by atomic mass is 35.5. The SMILES string of the molecule is Cl.Oc1c(Cl)cccc1[C@@H](CF)N1CCNCC1. The molecule has 2 N–H and O–H groups in total. The lowest BCUT2D eigenvalue weighted by Gasteiger charge is -2.33. The van der Waals surface area contributed by atoms with Crippen molar-refractivity contribution >= 4 is 24.0 Å². The van der Waals surface area contributed by atoms with Crippen molar-refractivity contribution in [2.75, 3.05) is 32.9 Å². The lowest BCUT2D eigenvalue weighted by atomic mass is 10.0. The number of benzene rings is 1. The van der Waals surface area contributed by atoms with Crippen LogP contribution in [-0.2, 0) is 0 Å². The summed E-state index contributed by atoms with van der Waals surface area (Å²) in [5.41, 5.74) is 0.571. The van der Waals surface area contributed by atoms with Gasteiger partial charge in [0.1, 0.15) is 12.4 Å². The minimum absolute atomic E-state index is 0. The van der Waals surface area contributed by atoms with Crippen LogP contribution in [-0.4, -0.2) is 42.9 Å². The Hall–Kier alpha value is -0.550. The number of hydrogen-bond acceptors (Lipinski definition) is 3. The van der Waals surface area contributed by atoms with Gasteiger partial charge < -0.3 is 10.4 Å². The van der Waals surface area contributed by atoms with Gasteiger partial charge in [0, 0.05) is 31.7 Å². The summed E-state index contributed by atoms with van der Waals surface area (Å²) < 4.78 is 13.2. The number of nitrogens with zero attached hydrogens (tertiary/aromatic N) is 1. The van der Waals surface area contributed by atoms with E-state index in [1.165, 1.54) is 0 Å². The highest BCUT2D eigenvalue weighted by Crippen LogP contribution is 2.34. The predicted octanol–water partition coefficient (Wildman–Crippen LogP) is 2.38. The Morgan fingerprint density at radius 1 is 1.39 bits per heavy atom. The quantitative estimate of drug-likeness (QED) is 0.899. The molecule has 1 aromatic carbocycles. The van der Waals surface area contributed by atoms with Crippen LogP contribution in [0.15, 0.2) is 18.2 Å². The molecule has 0 amide bonds. The van der Waals surface area contributed by atoms with Gasteiger partial charge in [0.05, 0.1) is 11.1 Å². The van der Waals surface area contributed by atoms with Gasteiger partial charge in [-0.2, -0.15) is 0 Å². The second-order valence-electron chi connectivity index (χ2n) is 4.13. The molecule has 0 unspecified atom stereocenters. The fourth-order valence-corrected chi connectivity index (χ4v) is 2.35. The summed E-state index contributed by atoms with van der Waals surface area (Å²) >= 11 is 5.85. The smallest absolute Gasteiger partial charge is 0.139 e. The fraction of sp³-hybridized carbons (Fsp3) is 0.500. The van der Waals surface area contributed by atoms with Gasteiger partial charge in [0.25, 0.3) is 0 Å². The largest absolute Gasteiger partial charge is 0.506 e.